The average Bonchev–Trinajstić information content (AvgIpc) is 3.42. The van der Waals surface area contributed by atoms with Crippen LogP contribution < -0.4 is 21.7 Å². The van der Waals surface area contributed by atoms with E-state index in [1.54, 1.807) is 24.3 Å². The Bertz CT molecular complexity index is 1320. The molecule has 1 saturated carbocycles. The zero-order chi connectivity index (χ0) is 31.5. The van der Waals surface area contributed by atoms with Gasteiger partial charge in [-0.2, -0.15) is 0 Å². The van der Waals surface area contributed by atoms with Gasteiger partial charge in [0.15, 0.2) is 0 Å². The van der Waals surface area contributed by atoms with E-state index in [0.717, 1.165) is 5.56 Å². The number of carbonyl (C=O) groups excluding carboxylic acids is 3. The Hall–Kier alpha value is -2.72. The summed E-state index contributed by atoms with van der Waals surface area (Å²) in [5, 5.41) is 10.3. The third kappa shape index (κ3) is 7.17. The number of halogens is 3. The van der Waals surface area contributed by atoms with Crippen molar-refractivity contribution in [3.63, 3.8) is 0 Å². The summed E-state index contributed by atoms with van der Waals surface area (Å²) in [5.41, 5.74) is 5.90. The molecule has 234 valence electrons. The van der Waals surface area contributed by atoms with Crippen LogP contribution in [0.25, 0.3) is 0 Å². The number of esters is 1. The SMILES string of the molecule is C=C(/C=C\C=C(\Cl)CF)[C@H]1[C@H](C(=O)N[C@H]2CC[C@H](OC(=O)CN)CC2)N[C@H](CC(C)(C)C)[C@]12C(=O)Nc1cc(Cl)ccc12. The van der Waals surface area contributed by atoms with Crippen molar-refractivity contribution in [2.24, 2.45) is 17.1 Å². The molecule has 3 aliphatic rings. The lowest BCUT2D eigenvalue weighted by Gasteiger charge is -2.38. The highest BCUT2D eigenvalue weighted by atomic mass is 35.5. The number of hydrogen-bond acceptors (Lipinski definition) is 6. The van der Waals surface area contributed by atoms with E-state index in [-0.39, 0.29) is 41.0 Å². The molecule has 0 aromatic heterocycles. The maximum atomic E-state index is 14.2. The first-order chi connectivity index (χ1) is 20.3. The van der Waals surface area contributed by atoms with Crippen molar-refractivity contribution >= 4 is 46.7 Å². The fourth-order valence-corrected chi connectivity index (χ4v) is 6.99. The van der Waals surface area contributed by atoms with Gasteiger partial charge in [-0.15, -0.1) is 0 Å². The number of fused-ring (bicyclic) bond motifs is 2. The Kier molecular flexibility index (Phi) is 10.4. The van der Waals surface area contributed by atoms with E-state index in [4.69, 9.17) is 33.7 Å². The predicted octanol–water partition coefficient (Wildman–Crippen LogP) is 5.06. The molecule has 1 aromatic rings. The van der Waals surface area contributed by atoms with Gasteiger partial charge in [0.25, 0.3) is 0 Å². The van der Waals surface area contributed by atoms with E-state index in [0.29, 0.717) is 48.4 Å². The number of anilines is 1. The first-order valence-electron chi connectivity index (χ1n) is 14.6. The number of nitrogens with one attached hydrogen (secondary N) is 3. The van der Waals surface area contributed by atoms with Crippen LogP contribution in [0.4, 0.5) is 10.1 Å². The van der Waals surface area contributed by atoms with Crippen LogP contribution in [0, 0.1) is 11.3 Å². The van der Waals surface area contributed by atoms with Gasteiger partial charge in [0, 0.05) is 33.7 Å². The minimum atomic E-state index is -1.17. The summed E-state index contributed by atoms with van der Waals surface area (Å²) in [6.07, 6.45) is 7.57. The van der Waals surface area contributed by atoms with Crippen LogP contribution in [0.5, 0.6) is 0 Å². The number of alkyl halides is 1. The van der Waals surface area contributed by atoms with Gasteiger partial charge < -0.3 is 26.4 Å². The Morgan fingerprint density at radius 1 is 1.26 bits per heavy atom. The Labute approximate surface area is 262 Å². The lowest BCUT2D eigenvalue weighted by atomic mass is 9.62. The smallest absolute Gasteiger partial charge is 0.319 e. The van der Waals surface area contributed by atoms with Gasteiger partial charge in [-0.25, -0.2) is 4.39 Å². The highest BCUT2D eigenvalue weighted by Gasteiger charge is 2.65. The minimum Gasteiger partial charge on any atom is -0.461 e. The molecule has 4 rings (SSSR count). The maximum Gasteiger partial charge on any atom is 0.319 e. The second kappa shape index (κ2) is 13.5. The van der Waals surface area contributed by atoms with Crippen molar-refractivity contribution in [2.45, 2.75) is 82.5 Å². The average molecular weight is 636 g/mol. The lowest BCUT2D eigenvalue weighted by Crippen LogP contribution is -2.51. The molecular formula is C32H41Cl2FN4O4. The van der Waals surface area contributed by atoms with Crippen LogP contribution in [0.3, 0.4) is 0 Å². The number of benzene rings is 1. The van der Waals surface area contributed by atoms with Crippen LogP contribution in [0.2, 0.25) is 5.02 Å². The highest BCUT2D eigenvalue weighted by molar-refractivity contribution is 6.31. The lowest BCUT2D eigenvalue weighted by molar-refractivity contribution is -0.149. The Balaban J connectivity index is 1.71. The largest absolute Gasteiger partial charge is 0.461 e. The molecule has 1 spiro atoms. The number of hydrogen-bond donors (Lipinski definition) is 4. The summed E-state index contributed by atoms with van der Waals surface area (Å²) in [6, 6.07) is 3.97. The number of rotatable bonds is 9. The van der Waals surface area contributed by atoms with Crippen LogP contribution in [-0.4, -0.2) is 55.2 Å². The molecule has 0 radical (unpaired) electrons. The van der Waals surface area contributed by atoms with Crippen molar-refractivity contribution in [1.82, 2.24) is 10.6 Å². The fraction of sp³-hybridized carbons (Fsp3) is 0.531. The molecule has 2 heterocycles. The number of nitrogens with two attached hydrogens (primary N) is 1. The summed E-state index contributed by atoms with van der Waals surface area (Å²) in [6.45, 7) is 9.62. The first kappa shape index (κ1) is 33.2. The van der Waals surface area contributed by atoms with Gasteiger partial charge in [-0.05, 0) is 66.9 Å². The number of allylic oxidation sites excluding steroid dienone is 4. The standard InChI is InChI=1S/C32H41Cl2FN4O4/c1-18(6-5-7-20(34)16-35)27-28(29(41)37-21-9-11-22(12-10-21)43-26(40)17-36)39-25(15-31(2,3)4)32(27)23-13-8-19(33)14-24(23)38-30(32)42/h5-8,13-14,21-22,25,27-28,39H,1,9-12,15-17,36H2,2-4H3,(H,37,41)(H,38,42)/b6-5-,20-7+/t21-,22-,25-,27+,28-,32+/m1/s1. The monoisotopic (exact) mass is 634 g/mol. The van der Waals surface area contributed by atoms with E-state index >= 15 is 0 Å². The molecular weight excluding hydrogens is 594 g/mol. The third-order valence-corrected chi connectivity index (χ3v) is 8.97. The van der Waals surface area contributed by atoms with Gasteiger partial charge >= 0.3 is 5.97 Å². The topological polar surface area (TPSA) is 123 Å². The summed E-state index contributed by atoms with van der Waals surface area (Å²) in [5.74, 6) is -1.60. The van der Waals surface area contributed by atoms with Crippen molar-refractivity contribution in [2.75, 3.05) is 18.5 Å². The van der Waals surface area contributed by atoms with Crippen molar-refractivity contribution in [1.29, 1.82) is 0 Å². The number of amides is 2. The summed E-state index contributed by atoms with van der Waals surface area (Å²) < 4.78 is 18.4. The van der Waals surface area contributed by atoms with Crippen LogP contribution in [0.15, 0.2) is 53.6 Å². The molecule has 1 aliphatic carbocycles. The second-order valence-electron chi connectivity index (χ2n) is 12.8. The first-order valence-corrected chi connectivity index (χ1v) is 15.4. The van der Waals surface area contributed by atoms with E-state index < -0.39 is 36.1 Å². The molecule has 2 aliphatic heterocycles. The zero-order valence-electron chi connectivity index (χ0n) is 24.9. The van der Waals surface area contributed by atoms with Crippen molar-refractivity contribution in [3.05, 3.63) is 64.2 Å². The quantitative estimate of drug-likeness (QED) is 0.223. The van der Waals surface area contributed by atoms with Crippen LogP contribution in [0.1, 0.15) is 58.4 Å². The molecule has 2 fully saturated rings. The molecule has 5 N–H and O–H groups in total. The Morgan fingerprint density at radius 3 is 2.58 bits per heavy atom. The summed E-state index contributed by atoms with van der Waals surface area (Å²) in [4.78, 5) is 39.9. The third-order valence-electron chi connectivity index (χ3n) is 8.50. The fourth-order valence-electron chi connectivity index (χ4n) is 6.75. The highest BCUT2D eigenvalue weighted by Crippen LogP contribution is 2.55. The van der Waals surface area contributed by atoms with Crippen molar-refractivity contribution in [3.8, 4) is 0 Å². The second-order valence-corrected chi connectivity index (χ2v) is 13.7. The number of carbonyl (C=O) groups is 3. The molecule has 11 heteroatoms. The maximum absolute atomic E-state index is 14.2. The zero-order valence-corrected chi connectivity index (χ0v) is 26.4. The molecule has 4 atom stereocenters. The predicted molar refractivity (Wildman–Crippen MR) is 168 cm³/mol. The van der Waals surface area contributed by atoms with E-state index in [1.165, 1.54) is 6.08 Å². The minimum absolute atomic E-state index is 0.0227. The number of ether oxygens (including phenoxy) is 1. The Morgan fingerprint density at radius 2 is 1.95 bits per heavy atom. The van der Waals surface area contributed by atoms with Crippen LogP contribution >= 0.6 is 23.2 Å². The summed E-state index contributed by atoms with van der Waals surface area (Å²) >= 11 is 12.2. The van der Waals surface area contributed by atoms with Crippen molar-refractivity contribution < 1.29 is 23.5 Å². The summed E-state index contributed by atoms with van der Waals surface area (Å²) in [7, 11) is 0. The van der Waals surface area contributed by atoms with Crippen LogP contribution in [-0.2, 0) is 24.5 Å². The van der Waals surface area contributed by atoms with E-state index in [9.17, 15) is 18.8 Å². The van der Waals surface area contributed by atoms with Gasteiger partial charge in [0.05, 0.1) is 12.6 Å². The molecule has 2 amide bonds. The van der Waals surface area contributed by atoms with E-state index in [2.05, 4.69) is 43.3 Å². The van der Waals surface area contributed by atoms with Gasteiger partial charge in [-0.3, -0.25) is 14.4 Å². The van der Waals surface area contributed by atoms with Gasteiger partial charge in [0.2, 0.25) is 11.8 Å². The molecule has 1 saturated heterocycles. The van der Waals surface area contributed by atoms with Gasteiger partial charge in [0.1, 0.15) is 18.2 Å². The molecule has 1 aromatic carbocycles. The molecule has 43 heavy (non-hydrogen) atoms. The van der Waals surface area contributed by atoms with Gasteiger partial charge in [-0.1, -0.05) is 68.8 Å². The molecule has 0 bridgehead atoms. The normalized spacial score (nSPS) is 29.0. The molecule has 8 nitrogen and oxygen atoms in total. The molecule has 0 unspecified atom stereocenters. The van der Waals surface area contributed by atoms with E-state index in [1.807, 2.05) is 6.07 Å².